The summed E-state index contributed by atoms with van der Waals surface area (Å²) >= 11 is 0. The van der Waals surface area contributed by atoms with Crippen LogP contribution < -0.4 is 11.1 Å². The van der Waals surface area contributed by atoms with Crippen molar-refractivity contribution >= 4 is 18.3 Å². The summed E-state index contributed by atoms with van der Waals surface area (Å²) in [6, 6.07) is 0.0806. The van der Waals surface area contributed by atoms with E-state index < -0.39 is 0 Å². The van der Waals surface area contributed by atoms with Gasteiger partial charge in [0.2, 0.25) is 5.91 Å². The quantitative estimate of drug-likeness (QED) is 0.824. The van der Waals surface area contributed by atoms with Gasteiger partial charge in [-0.1, -0.05) is 5.16 Å². The van der Waals surface area contributed by atoms with E-state index in [4.69, 9.17) is 10.3 Å². The van der Waals surface area contributed by atoms with E-state index in [9.17, 15) is 4.79 Å². The van der Waals surface area contributed by atoms with Crippen molar-refractivity contribution in [1.29, 1.82) is 0 Å². The first-order valence-corrected chi connectivity index (χ1v) is 5.95. The standard InChI is InChI=1S/C12H21N3O2.ClH/c1-8(14-12(16)5-4-6-13)7-11-9(2)15-17-10(11)3;/h8H,4-7,13H2,1-3H3,(H,14,16);1H. The lowest BCUT2D eigenvalue weighted by molar-refractivity contribution is -0.121. The first-order chi connectivity index (χ1) is 8.04. The Morgan fingerprint density at radius 3 is 2.67 bits per heavy atom. The zero-order valence-electron chi connectivity index (χ0n) is 11.2. The Bertz CT molecular complexity index is 360. The second-order valence-corrected chi connectivity index (χ2v) is 4.37. The molecule has 0 fully saturated rings. The molecule has 1 amide bonds. The third kappa shape index (κ3) is 5.06. The van der Waals surface area contributed by atoms with E-state index in [1.54, 1.807) is 0 Å². The molecule has 0 radical (unpaired) electrons. The minimum absolute atomic E-state index is 0. The fourth-order valence-corrected chi connectivity index (χ4v) is 1.76. The fourth-order valence-electron chi connectivity index (χ4n) is 1.76. The summed E-state index contributed by atoms with van der Waals surface area (Å²) < 4.78 is 5.09. The summed E-state index contributed by atoms with van der Waals surface area (Å²) in [5, 5.41) is 6.84. The Morgan fingerprint density at radius 1 is 1.50 bits per heavy atom. The lowest BCUT2D eigenvalue weighted by Crippen LogP contribution is -2.34. The van der Waals surface area contributed by atoms with Gasteiger partial charge in [0.25, 0.3) is 0 Å². The Kier molecular flexibility index (Phi) is 7.62. The van der Waals surface area contributed by atoms with Crippen LogP contribution in [0.15, 0.2) is 4.52 Å². The number of carbonyl (C=O) groups is 1. The van der Waals surface area contributed by atoms with Crippen molar-refractivity contribution < 1.29 is 9.32 Å². The number of hydrogen-bond donors (Lipinski definition) is 2. The van der Waals surface area contributed by atoms with E-state index in [1.807, 2.05) is 20.8 Å². The Labute approximate surface area is 114 Å². The van der Waals surface area contributed by atoms with E-state index in [0.29, 0.717) is 13.0 Å². The number of aromatic nitrogens is 1. The van der Waals surface area contributed by atoms with Crippen molar-refractivity contribution in [3.05, 3.63) is 17.0 Å². The second kappa shape index (κ2) is 8.11. The van der Waals surface area contributed by atoms with Gasteiger partial charge in [0.05, 0.1) is 5.69 Å². The molecule has 1 heterocycles. The number of halogens is 1. The van der Waals surface area contributed by atoms with E-state index >= 15 is 0 Å². The highest BCUT2D eigenvalue weighted by atomic mass is 35.5. The van der Waals surface area contributed by atoms with Gasteiger partial charge in [-0.3, -0.25) is 4.79 Å². The topological polar surface area (TPSA) is 81.2 Å². The number of nitrogens with zero attached hydrogens (tertiary/aromatic N) is 1. The number of hydrogen-bond acceptors (Lipinski definition) is 4. The van der Waals surface area contributed by atoms with Crippen LogP contribution in [-0.2, 0) is 11.2 Å². The van der Waals surface area contributed by atoms with Crippen LogP contribution in [0.25, 0.3) is 0 Å². The molecule has 1 atom stereocenters. The molecule has 0 aromatic carbocycles. The van der Waals surface area contributed by atoms with Crippen LogP contribution in [-0.4, -0.2) is 23.7 Å². The summed E-state index contributed by atoms with van der Waals surface area (Å²) in [7, 11) is 0. The van der Waals surface area contributed by atoms with Crippen LogP contribution >= 0.6 is 12.4 Å². The maximum atomic E-state index is 11.5. The third-order valence-electron chi connectivity index (χ3n) is 2.71. The summed E-state index contributed by atoms with van der Waals surface area (Å²) in [5.74, 6) is 0.875. The number of carbonyl (C=O) groups excluding carboxylic acids is 1. The molecule has 3 N–H and O–H groups in total. The molecule has 0 aliphatic carbocycles. The predicted octanol–water partition coefficient (Wildman–Crippen LogP) is 1.50. The van der Waals surface area contributed by atoms with E-state index in [0.717, 1.165) is 29.9 Å². The largest absolute Gasteiger partial charge is 0.361 e. The monoisotopic (exact) mass is 275 g/mol. The molecule has 0 spiro atoms. The number of rotatable bonds is 6. The van der Waals surface area contributed by atoms with Crippen LogP contribution in [0.1, 0.15) is 36.8 Å². The Balaban J connectivity index is 0.00000289. The van der Waals surface area contributed by atoms with E-state index in [-0.39, 0.29) is 24.4 Å². The third-order valence-corrected chi connectivity index (χ3v) is 2.71. The highest BCUT2D eigenvalue weighted by molar-refractivity contribution is 5.85. The first-order valence-electron chi connectivity index (χ1n) is 5.95. The highest BCUT2D eigenvalue weighted by Gasteiger charge is 2.14. The van der Waals surface area contributed by atoms with Crippen LogP contribution in [0.3, 0.4) is 0 Å². The normalized spacial score (nSPS) is 11.8. The van der Waals surface area contributed by atoms with Crippen molar-refractivity contribution in [3.8, 4) is 0 Å². The Hall–Kier alpha value is -1.07. The molecule has 0 saturated heterocycles. The van der Waals surface area contributed by atoms with Crippen LogP contribution in [0, 0.1) is 13.8 Å². The lowest BCUT2D eigenvalue weighted by atomic mass is 10.1. The van der Waals surface area contributed by atoms with Gasteiger partial charge < -0.3 is 15.6 Å². The van der Waals surface area contributed by atoms with Crippen LogP contribution in [0.4, 0.5) is 0 Å². The molecule has 5 nitrogen and oxygen atoms in total. The molecule has 18 heavy (non-hydrogen) atoms. The van der Waals surface area contributed by atoms with Gasteiger partial charge in [0.1, 0.15) is 5.76 Å². The van der Waals surface area contributed by atoms with Gasteiger partial charge in [-0.25, -0.2) is 0 Å². The van der Waals surface area contributed by atoms with Crippen molar-refractivity contribution in [2.75, 3.05) is 6.54 Å². The lowest BCUT2D eigenvalue weighted by Gasteiger charge is -2.13. The predicted molar refractivity (Wildman–Crippen MR) is 72.8 cm³/mol. The number of aryl methyl sites for hydroxylation is 2. The molecular formula is C12H22ClN3O2. The van der Waals surface area contributed by atoms with Crippen molar-refractivity contribution in [2.45, 2.75) is 46.1 Å². The summed E-state index contributed by atoms with van der Waals surface area (Å²) in [5.41, 5.74) is 7.33. The smallest absolute Gasteiger partial charge is 0.220 e. The highest BCUT2D eigenvalue weighted by Crippen LogP contribution is 2.14. The fraction of sp³-hybridized carbons (Fsp3) is 0.667. The van der Waals surface area contributed by atoms with Crippen LogP contribution in [0.2, 0.25) is 0 Å². The zero-order chi connectivity index (χ0) is 12.8. The van der Waals surface area contributed by atoms with Gasteiger partial charge in [-0.15, -0.1) is 12.4 Å². The molecule has 0 aliphatic heterocycles. The minimum Gasteiger partial charge on any atom is -0.361 e. The summed E-state index contributed by atoms with van der Waals surface area (Å²) in [4.78, 5) is 11.5. The number of nitrogens with one attached hydrogen (secondary N) is 1. The van der Waals surface area contributed by atoms with Gasteiger partial charge >= 0.3 is 0 Å². The molecule has 1 aromatic heterocycles. The second-order valence-electron chi connectivity index (χ2n) is 4.37. The number of amides is 1. The molecule has 0 aliphatic rings. The zero-order valence-corrected chi connectivity index (χ0v) is 12.0. The average Bonchev–Trinajstić information content (AvgIpc) is 2.58. The van der Waals surface area contributed by atoms with Gasteiger partial charge in [0, 0.05) is 18.0 Å². The maximum absolute atomic E-state index is 11.5. The molecule has 104 valence electrons. The first kappa shape index (κ1) is 16.9. The van der Waals surface area contributed by atoms with Crippen LogP contribution in [0.5, 0.6) is 0 Å². The molecule has 1 unspecified atom stereocenters. The van der Waals surface area contributed by atoms with Gasteiger partial charge in [-0.05, 0) is 40.2 Å². The molecule has 0 bridgehead atoms. The summed E-state index contributed by atoms with van der Waals surface area (Å²) in [6.45, 7) is 6.32. The molecule has 6 heteroatoms. The van der Waals surface area contributed by atoms with Crippen molar-refractivity contribution in [2.24, 2.45) is 5.73 Å². The van der Waals surface area contributed by atoms with Gasteiger partial charge in [-0.2, -0.15) is 0 Å². The van der Waals surface area contributed by atoms with E-state index in [1.165, 1.54) is 0 Å². The maximum Gasteiger partial charge on any atom is 0.220 e. The molecule has 1 aromatic rings. The minimum atomic E-state index is 0. The molecular weight excluding hydrogens is 254 g/mol. The van der Waals surface area contributed by atoms with Crippen molar-refractivity contribution in [3.63, 3.8) is 0 Å². The molecule has 0 saturated carbocycles. The van der Waals surface area contributed by atoms with Gasteiger partial charge in [0.15, 0.2) is 0 Å². The Morgan fingerprint density at radius 2 is 2.17 bits per heavy atom. The summed E-state index contributed by atoms with van der Waals surface area (Å²) in [6.07, 6.45) is 1.96. The average molecular weight is 276 g/mol. The SMILES string of the molecule is Cc1noc(C)c1CC(C)NC(=O)CCCN.Cl. The number of nitrogens with two attached hydrogens (primary N) is 1. The van der Waals surface area contributed by atoms with Crippen molar-refractivity contribution in [1.82, 2.24) is 10.5 Å². The molecule has 1 rings (SSSR count). The van der Waals surface area contributed by atoms with E-state index in [2.05, 4.69) is 10.5 Å².